The molecule has 0 bridgehead atoms. The van der Waals surface area contributed by atoms with Gasteiger partial charge in [-0.3, -0.25) is 13.9 Å². The fourth-order valence-electron chi connectivity index (χ4n) is 3.48. The van der Waals surface area contributed by atoms with Crippen molar-refractivity contribution in [3.63, 3.8) is 0 Å². The molecule has 0 aliphatic heterocycles. The van der Waals surface area contributed by atoms with Crippen LogP contribution in [0.4, 0.5) is 10.1 Å². The predicted octanol–water partition coefficient (Wildman–Crippen LogP) is 3.95. The Labute approximate surface area is 212 Å². The van der Waals surface area contributed by atoms with Crippen molar-refractivity contribution < 1.29 is 22.4 Å². The van der Waals surface area contributed by atoms with Crippen LogP contribution in [0.5, 0.6) is 0 Å². The number of hydrogen-bond donors (Lipinski definition) is 1. The Bertz CT molecular complexity index is 1290. The molecule has 3 aromatic carbocycles. The smallest absolute Gasteiger partial charge is 0.264 e. The Kier molecular flexibility index (Phi) is 8.63. The van der Waals surface area contributed by atoms with Gasteiger partial charge >= 0.3 is 0 Å². The van der Waals surface area contributed by atoms with Crippen LogP contribution < -0.4 is 9.62 Å². The molecule has 1 atom stereocenters. The van der Waals surface area contributed by atoms with Gasteiger partial charge in [-0.2, -0.15) is 0 Å². The minimum atomic E-state index is -4.22. The van der Waals surface area contributed by atoms with E-state index in [0.717, 1.165) is 38.6 Å². The molecule has 0 saturated heterocycles. The zero-order valence-electron chi connectivity index (χ0n) is 19.2. The zero-order chi connectivity index (χ0) is 25.6. The minimum Gasteiger partial charge on any atom is -0.357 e. The molecule has 35 heavy (non-hydrogen) atoms. The van der Waals surface area contributed by atoms with Crippen molar-refractivity contribution in [2.75, 3.05) is 17.9 Å². The predicted molar refractivity (Wildman–Crippen MR) is 136 cm³/mol. The van der Waals surface area contributed by atoms with Gasteiger partial charge < -0.3 is 10.2 Å². The summed E-state index contributed by atoms with van der Waals surface area (Å²) < 4.78 is 42.2. The first kappa shape index (κ1) is 26.4. The van der Waals surface area contributed by atoms with E-state index in [9.17, 15) is 22.4 Å². The lowest BCUT2D eigenvalue weighted by molar-refractivity contribution is -0.139. The van der Waals surface area contributed by atoms with Crippen LogP contribution in [0, 0.1) is 5.82 Å². The maximum atomic E-state index is 13.6. The summed E-state index contributed by atoms with van der Waals surface area (Å²) >= 11 is 3.40. The lowest BCUT2D eigenvalue weighted by Gasteiger charge is -2.31. The number of halogens is 2. The van der Waals surface area contributed by atoms with Crippen LogP contribution in [0.3, 0.4) is 0 Å². The zero-order valence-corrected chi connectivity index (χ0v) is 21.6. The molecule has 0 saturated carbocycles. The van der Waals surface area contributed by atoms with E-state index in [4.69, 9.17) is 0 Å². The van der Waals surface area contributed by atoms with Gasteiger partial charge in [0, 0.05) is 18.1 Å². The summed E-state index contributed by atoms with van der Waals surface area (Å²) in [6.07, 6.45) is 0. The molecule has 0 aliphatic rings. The van der Waals surface area contributed by atoms with E-state index in [2.05, 4.69) is 21.2 Å². The van der Waals surface area contributed by atoms with Crippen molar-refractivity contribution in [1.29, 1.82) is 0 Å². The van der Waals surface area contributed by atoms with Gasteiger partial charge in [0.05, 0.1) is 10.6 Å². The Morgan fingerprint density at radius 3 is 2.26 bits per heavy atom. The molecule has 10 heteroatoms. The fourth-order valence-corrected chi connectivity index (χ4v) is 5.34. The van der Waals surface area contributed by atoms with Gasteiger partial charge in [0.25, 0.3) is 10.0 Å². The summed E-state index contributed by atoms with van der Waals surface area (Å²) in [5.74, 6) is -1.54. The minimum absolute atomic E-state index is 0.0894. The highest BCUT2D eigenvalue weighted by Gasteiger charge is 2.32. The van der Waals surface area contributed by atoms with Gasteiger partial charge in [-0.25, -0.2) is 12.8 Å². The molecular weight excluding hydrogens is 537 g/mol. The normalized spacial score (nSPS) is 12.0. The van der Waals surface area contributed by atoms with Crippen molar-refractivity contribution in [3.05, 3.63) is 94.7 Å². The number of benzene rings is 3. The number of anilines is 1. The molecule has 0 heterocycles. The fraction of sp³-hybridized carbons (Fsp3) is 0.200. The van der Waals surface area contributed by atoms with E-state index < -0.39 is 34.3 Å². The van der Waals surface area contributed by atoms with Crippen molar-refractivity contribution in [1.82, 2.24) is 10.2 Å². The summed E-state index contributed by atoms with van der Waals surface area (Å²) in [6.45, 7) is 1.11. The Hall–Kier alpha value is -3.24. The highest BCUT2D eigenvalue weighted by atomic mass is 79.9. The van der Waals surface area contributed by atoms with Crippen LogP contribution in [-0.4, -0.2) is 44.8 Å². The third-order valence-electron chi connectivity index (χ3n) is 5.38. The van der Waals surface area contributed by atoms with E-state index in [0.29, 0.717) is 0 Å². The molecule has 0 radical (unpaired) electrons. The van der Waals surface area contributed by atoms with Crippen molar-refractivity contribution >= 4 is 43.5 Å². The lowest BCUT2D eigenvalue weighted by atomic mass is 10.1. The van der Waals surface area contributed by atoms with Crippen LogP contribution in [0.2, 0.25) is 0 Å². The molecule has 1 N–H and O–H groups in total. The average Bonchev–Trinajstić information content (AvgIpc) is 2.85. The highest BCUT2D eigenvalue weighted by molar-refractivity contribution is 9.10. The van der Waals surface area contributed by atoms with Crippen molar-refractivity contribution in [2.45, 2.75) is 24.4 Å². The SMILES string of the molecule is CNC(=O)[C@H](C)N(Cc1cccc(Br)c1)C(=O)CN(c1ccccc1)S(=O)(=O)c1ccc(F)cc1. The van der Waals surface area contributed by atoms with Crippen molar-refractivity contribution in [2.24, 2.45) is 0 Å². The van der Waals surface area contributed by atoms with E-state index in [1.807, 2.05) is 24.3 Å². The molecule has 0 spiro atoms. The van der Waals surface area contributed by atoms with Crippen LogP contribution >= 0.6 is 15.9 Å². The summed E-state index contributed by atoms with van der Waals surface area (Å²) in [7, 11) is -2.75. The van der Waals surface area contributed by atoms with E-state index in [-0.39, 0.29) is 23.0 Å². The van der Waals surface area contributed by atoms with E-state index in [1.54, 1.807) is 37.3 Å². The third-order valence-corrected chi connectivity index (χ3v) is 7.66. The summed E-state index contributed by atoms with van der Waals surface area (Å²) in [6, 6.07) is 19.0. The topological polar surface area (TPSA) is 86.8 Å². The van der Waals surface area contributed by atoms with E-state index in [1.165, 1.54) is 11.9 Å². The number of carbonyl (C=O) groups excluding carboxylic acids is 2. The number of carbonyl (C=O) groups is 2. The first-order valence-electron chi connectivity index (χ1n) is 10.7. The van der Waals surface area contributed by atoms with Gasteiger partial charge in [-0.05, 0) is 61.0 Å². The van der Waals surface area contributed by atoms with E-state index >= 15 is 0 Å². The number of amides is 2. The Morgan fingerprint density at radius 2 is 1.66 bits per heavy atom. The van der Waals surface area contributed by atoms with Crippen LogP contribution in [0.25, 0.3) is 0 Å². The summed E-state index contributed by atoms with van der Waals surface area (Å²) in [4.78, 5) is 27.2. The molecule has 7 nitrogen and oxygen atoms in total. The first-order valence-corrected chi connectivity index (χ1v) is 13.0. The first-order chi connectivity index (χ1) is 16.6. The Morgan fingerprint density at radius 1 is 1.00 bits per heavy atom. The molecule has 0 aromatic heterocycles. The second kappa shape index (κ2) is 11.5. The monoisotopic (exact) mass is 561 g/mol. The highest BCUT2D eigenvalue weighted by Crippen LogP contribution is 2.25. The molecule has 2 amide bonds. The number of sulfonamides is 1. The molecule has 0 aliphatic carbocycles. The molecule has 184 valence electrons. The molecular formula is C25H25BrFN3O4S. The maximum Gasteiger partial charge on any atom is 0.264 e. The number of hydrogen-bond acceptors (Lipinski definition) is 4. The standard InChI is InChI=1S/C25H25BrFN3O4S/c1-18(25(32)28-2)29(16-19-7-6-8-20(26)15-19)24(31)17-30(22-9-4-3-5-10-22)35(33,34)23-13-11-21(27)12-14-23/h3-15,18H,16-17H2,1-2H3,(H,28,32)/t18-/m0/s1. The number of nitrogens with one attached hydrogen (secondary N) is 1. The number of rotatable bonds is 9. The number of para-hydroxylation sites is 1. The van der Waals surface area contributed by atoms with Gasteiger partial charge in [-0.1, -0.05) is 46.3 Å². The largest absolute Gasteiger partial charge is 0.357 e. The van der Waals surface area contributed by atoms with Crippen LogP contribution in [-0.2, 0) is 26.2 Å². The molecule has 3 aromatic rings. The average molecular weight is 562 g/mol. The summed E-state index contributed by atoms with van der Waals surface area (Å²) in [5, 5.41) is 2.53. The Balaban J connectivity index is 2.00. The van der Waals surface area contributed by atoms with Gasteiger partial charge in [0.15, 0.2) is 0 Å². The molecule has 0 unspecified atom stereocenters. The van der Waals surface area contributed by atoms with Crippen molar-refractivity contribution in [3.8, 4) is 0 Å². The van der Waals surface area contributed by atoms with Crippen LogP contribution in [0.1, 0.15) is 12.5 Å². The van der Waals surface area contributed by atoms with Gasteiger partial charge in [0.1, 0.15) is 18.4 Å². The molecule has 3 rings (SSSR count). The third kappa shape index (κ3) is 6.46. The second-order valence-corrected chi connectivity index (χ2v) is 10.5. The summed E-state index contributed by atoms with van der Waals surface area (Å²) in [5.41, 5.74) is 1.02. The lowest BCUT2D eigenvalue weighted by Crippen LogP contribution is -2.50. The van der Waals surface area contributed by atoms with Crippen LogP contribution in [0.15, 0.2) is 88.2 Å². The molecule has 0 fully saturated rings. The maximum absolute atomic E-state index is 13.6. The van der Waals surface area contributed by atoms with Gasteiger partial charge in [-0.15, -0.1) is 0 Å². The van der Waals surface area contributed by atoms with Gasteiger partial charge in [0.2, 0.25) is 11.8 Å². The number of likely N-dealkylation sites (N-methyl/N-ethyl adjacent to an activating group) is 1. The number of nitrogens with zero attached hydrogens (tertiary/aromatic N) is 2. The quantitative estimate of drug-likeness (QED) is 0.428. The second-order valence-electron chi connectivity index (χ2n) is 7.74.